The largest absolute Gasteiger partial charge is 0.444 e. The minimum atomic E-state index is -0.538. The molecule has 122 valence electrons. The van der Waals surface area contributed by atoms with Crippen LogP contribution >= 0.6 is 0 Å². The summed E-state index contributed by atoms with van der Waals surface area (Å²) in [6.07, 6.45) is -0.888. The van der Waals surface area contributed by atoms with Crippen LogP contribution in [0.15, 0.2) is 30.3 Å². The van der Waals surface area contributed by atoms with E-state index in [2.05, 4.69) is 0 Å². The van der Waals surface area contributed by atoms with Gasteiger partial charge in [0.15, 0.2) is 0 Å². The monoisotopic (exact) mass is 308 g/mol. The molecule has 6 nitrogen and oxygen atoms in total. The van der Waals surface area contributed by atoms with Crippen LogP contribution in [0.1, 0.15) is 20.8 Å². The first-order valence-electron chi connectivity index (χ1n) is 7.11. The van der Waals surface area contributed by atoms with E-state index >= 15 is 0 Å². The Labute approximate surface area is 131 Å². The molecule has 0 N–H and O–H groups in total. The van der Waals surface area contributed by atoms with Gasteiger partial charge < -0.3 is 19.3 Å². The van der Waals surface area contributed by atoms with Gasteiger partial charge in [-0.25, -0.2) is 9.59 Å². The molecule has 0 atom stereocenters. The summed E-state index contributed by atoms with van der Waals surface area (Å²) in [5.74, 6) is 0.486. The molecule has 1 aromatic rings. The SMILES string of the molecule is CN(CCN(C)C(=O)OC(C)(C)C)C(=O)Oc1ccccc1. The van der Waals surface area contributed by atoms with Crippen LogP contribution < -0.4 is 4.74 Å². The van der Waals surface area contributed by atoms with Gasteiger partial charge in [-0.1, -0.05) is 18.2 Å². The van der Waals surface area contributed by atoms with Crippen molar-refractivity contribution in [1.82, 2.24) is 9.80 Å². The van der Waals surface area contributed by atoms with Crippen LogP contribution in [0.4, 0.5) is 9.59 Å². The molecule has 1 aromatic carbocycles. The molecule has 22 heavy (non-hydrogen) atoms. The van der Waals surface area contributed by atoms with E-state index in [1.807, 2.05) is 26.8 Å². The average Bonchev–Trinajstić information content (AvgIpc) is 2.43. The lowest BCUT2D eigenvalue weighted by Crippen LogP contribution is -2.40. The van der Waals surface area contributed by atoms with E-state index in [0.29, 0.717) is 18.8 Å². The number of para-hydroxylation sites is 1. The molecule has 2 amide bonds. The number of likely N-dealkylation sites (N-methyl/N-ethyl adjacent to an activating group) is 2. The maximum atomic E-state index is 11.9. The lowest BCUT2D eigenvalue weighted by Gasteiger charge is -2.26. The fourth-order valence-corrected chi connectivity index (χ4v) is 1.49. The molecule has 6 heteroatoms. The van der Waals surface area contributed by atoms with Crippen LogP contribution in [0, 0.1) is 0 Å². The Bertz CT molecular complexity index is 497. The molecule has 0 saturated carbocycles. The van der Waals surface area contributed by atoms with E-state index in [-0.39, 0.29) is 0 Å². The van der Waals surface area contributed by atoms with Gasteiger partial charge in [-0.15, -0.1) is 0 Å². The van der Waals surface area contributed by atoms with Gasteiger partial charge in [-0.2, -0.15) is 0 Å². The van der Waals surface area contributed by atoms with Gasteiger partial charge >= 0.3 is 12.2 Å². The van der Waals surface area contributed by atoms with Crippen LogP contribution in [0.2, 0.25) is 0 Å². The van der Waals surface area contributed by atoms with Crippen molar-refractivity contribution in [2.75, 3.05) is 27.2 Å². The van der Waals surface area contributed by atoms with Gasteiger partial charge in [0.2, 0.25) is 0 Å². The van der Waals surface area contributed by atoms with Gasteiger partial charge in [0.05, 0.1) is 0 Å². The molecular weight excluding hydrogens is 284 g/mol. The van der Waals surface area contributed by atoms with Crippen molar-refractivity contribution in [1.29, 1.82) is 0 Å². The number of carbonyl (C=O) groups is 2. The fourth-order valence-electron chi connectivity index (χ4n) is 1.49. The lowest BCUT2D eigenvalue weighted by molar-refractivity contribution is 0.0287. The molecule has 0 aliphatic heterocycles. The maximum absolute atomic E-state index is 11.9. The predicted molar refractivity (Wildman–Crippen MR) is 84.0 cm³/mol. The van der Waals surface area contributed by atoms with Crippen LogP contribution in [-0.4, -0.2) is 54.8 Å². The van der Waals surface area contributed by atoms with Gasteiger partial charge in [0.25, 0.3) is 0 Å². The molecule has 0 aliphatic rings. The quantitative estimate of drug-likeness (QED) is 0.858. The zero-order valence-electron chi connectivity index (χ0n) is 13.8. The molecule has 0 heterocycles. The van der Waals surface area contributed by atoms with Gasteiger partial charge in [0, 0.05) is 27.2 Å². The normalized spacial score (nSPS) is 10.8. The summed E-state index contributed by atoms with van der Waals surface area (Å²) in [5, 5.41) is 0. The first-order valence-corrected chi connectivity index (χ1v) is 7.11. The minimum Gasteiger partial charge on any atom is -0.444 e. The second-order valence-electron chi connectivity index (χ2n) is 6.00. The summed E-state index contributed by atoms with van der Waals surface area (Å²) in [6.45, 7) is 6.13. The lowest BCUT2D eigenvalue weighted by atomic mass is 10.2. The third-order valence-electron chi connectivity index (χ3n) is 2.74. The summed E-state index contributed by atoms with van der Waals surface area (Å²) in [7, 11) is 3.25. The molecular formula is C16H24N2O4. The fraction of sp³-hybridized carbons (Fsp3) is 0.500. The van der Waals surface area contributed by atoms with Crippen molar-refractivity contribution in [2.24, 2.45) is 0 Å². The van der Waals surface area contributed by atoms with Crippen LogP contribution in [0.5, 0.6) is 5.75 Å². The second-order valence-corrected chi connectivity index (χ2v) is 6.00. The smallest absolute Gasteiger partial charge is 0.415 e. The van der Waals surface area contributed by atoms with E-state index < -0.39 is 17.8 Å². The van der Waals surface area contributed by atoms with Crippen molar-refractivity contribution in [3.05, 3.63) is 30.3 Å². The first kappa shape index (κ1) is 17.8. The maximum Gasteiger partial charge on any atom is 0.415 e. The summed E-state index contributed by atoms with van der Waals surface area (Å²) < 4.78 is 10.4. The number of nitrogens with zero attached hydrogens (tertiary/aromatic N) is 2. The number of hydrogen-bond donors (Lipinski definition) is 0. The highest BCUT2D eigenvalue weighted by atomic mass is 16.6. The average molecular weight is 308 g/mol. The number of amides is 2. The standard InChI is InChI=1S/C16H24N2O4/c1-16(2,3)22-15(20)18(5)12-11-17(4)14(19)21-13-9-7-6-8-10-13/h6-10H,11-12H2,1-5H3. The first-order chi connectivity index (χ1) is 10.2. The van der Waals surface area contributed by atoms with Crippen LogP contribution in [0.25, 0.3) is 0 Å². The van der Waals surface area contributed by atoms with Crippen molar-refractivity contribution >= 4 is 12.2 Å². The summed E-state index contributed by atoms with van der Waals surface area (Å²) in [4.78, 5) is 26.5. The van der Waals surface area contributed by atoms with E-state index in [1.165, 1.54) is 9.80 Å². The second kappa shape index (κ2) is 7.68. The number of rotatable bonds is 4. The number of benzene rings is 1. The van der Waals surface area contributed by atoms with Crippen molar-refractivity contribution in [3.63, 3.8) is 0 Å². The zero-order chi connectivity index (χ0) is 16.8. The van der Waals surface area contributed by atoms with Crippen molar-refractivity contribution < 1.29 is 19.1 Å². The van der Waals surface area contributed by atoms with Gasteiger partial charge in [-0.05, 0) is 32.9 Å². The Kier molecular flexibility index (Phi) is 6.22. The zero-order valence-corrected chi connectivity index (χ0v) is 13.8. The van der Waals surface area contributed by atoms with Crippen LogP contribution in [0.3, 0.4) is 0 Å². The highest BCUT2D eigenvalue weighted by Crippen LogP contribution is 2.10. The summed E-state index contributed by atoms with van der Waals surface area (Å²) in [6, 6.07) is 8.84. The molecule has 0 unspecified atom stereocenters. The Balaban J connectivity index is 2.40. The Hall–Kier alpha value is -2.24. The topological polar surface area (TPSA) is 59.1 Å². The molecule has 0 aromatic heterocycles. The Morgan fingerprint density at radius 1 is 0.955 bits per heavy atom. The van der Waals surface area contributed by atoms with Crippen molar-refractivity contribution in [3.8, 4) is 5.75 Å². The highest BCUT2D eigenvalue weighted by Gasteiger charge is 2.20. The minimum absolute atomic E-state index is 0.349. The predicted octanol–water partition coefficient (Wildman–Crippen LogP) is 2.98. The van der Waals surface area contributed by atoms with Crippen molar-refractivity contribution in [2.45, 2.75) is 26.4 Å². The Morgan fingerprint density at radius 2 is 1.45 bits per heavy atom. The van der Waals surface area contributed by atoms with Gasteiger partial charge in [-0.3, -0.25) is 0 Å². The number of ether oxygens (including phenoxy) is 2. The van der Waals surface area contributed by atoms with E-state index in [4.69, 9.17) is 9.47 Å². The third-order valence-corrected chi connectivity index (χ3v) is 2.74. The summed E-state index contributed by atoms with van der Waals surface area (Å²) >= 11 is 0. The number of carbonyl (C=O) groups excluding carboxylic acids is 2. The Morgan fingerprint density at radius 3 is 1.95 bits per heavy atom. The molecule has 0 bridgehead atoms. The van der Waals surface area contributed by atoms with Crippen LogP contribution in [-0.2, 0) is 4.74 Å². The highest BCUT2D eigenvalue weighted by molar-refractivity contribution is 5.70. The molecule has 1 rings (SSSR count). The molecule has 0 fully saturated rings. The molecule has 0 spiro atoms. The summed E-state index contributed by atoms with van der Waals surface area (Å²) in [5.41, 5.74) is -0.538. The van der Waals surface area contributed by atoms with Gasteiger partial charge in [0.1, 0.15) is 11.4 Å². The number of hydrogen-bond acceptors (Lipinski definition) is 4. The van der Waals surface area contributed by atoms with E-state index in [9.17, 15) is 9.59 Å². The molecule has 0 saturated heterocycles. The van der Waals surface area contributed by atoms with E-state index in [0.717, 1.165) is 0 Å². The van der Waals surface area contributed by atoms with E-state index in [1.54, 1.807) is 38.4 Å². The molecule has 0 aliphatic carbocycles. The molecule has 0 radical (unpaired) electrons. The third kappa shape index (κ3) is 6.47.